The van der Waals surface area contributed by atoms with Crippen molar-refractivity contribution in [2.24, 2.45) is 0 Å². The summed E-state index contributed by atoms with van der Waals surface area (Å²) in [6, 6.07) is 0. The van der Waals surface area contributed by atoms with E-state index >= 15 is 0 Å². The molecular weight excluding hydrogens is 178 g/mol. The summed E-state index contributed by atoms with van der Waals surface area (Å²) in [6.07, 6.45) is 0. The summed E-state index contributed by atoms with van der Waals surface area (Å²) in [5, 5.41) is 17.9. The highest BCUT2D eigenvalue weighted by Crippen LogP contribution is 2.02. The average Bonchev–Trinajstić information content (AvgIpc) is 1.82. The van der Waals surface area contributed by atoms with E-state index in [9.17, 15) is 0 Å². The Bertz CT molecular complexity index is 283. The third-order valence-corrected chi connectivity index (χ3v) is 1.73. The largest absolute Gasteiger partial charge is 0.492 e. The summed E-state index contributed by atoms with van der Waals surface area (Å²) in [5.74, 6) is 0. The molecule has 0 saturated heterocycles. The molecule has 1 aromatic rings. The molecule has 1 rings (SSSR count). The van der Waals surface area contributed by atoms with Crippen LogP contribution in [0, 0.1) is 13.8 Å². The van der Waals surface area contributed by atoms with Crippen molar-refractivity contribution in [1.29, 1.82) is 0 Å². The quantitative estimate of drug-likeness (QED) is 0.455. The first kappa shape index (κ1) is 9.44. The molecule has 0 amide bonds. The Morgan fingerprint density at radius 1 is 1.17 bits per heavy atom. The SMILES string of the molecule is Cc1nc(Cl)nc(C)c1B(O)O. The Balaban J connectivity index is 3.28. The Labute approximate surface area is 75.4 Å². The lowest BCUT2D eigenvalue weighted by Gasteiger charge is -2.06. The molecule has 0 atom stereocenters. The van der Waals surface area contributed by atoms with E-state index in [0.717, 1.165) is 0 Å². The first-order chi connectivity index (χ1) is 5.52. The molecule has 0 fully saturated rings. The summed E-state index contributed by atoms with van der Waals surface area (Å²) < 4.78 is 0. The molecule has 2 N–H and O–H groups in total. The van der Waals surface area contributed by atoms with Crippen LogP contribution in [0.1, 0.15) is 11.4 Å². The highest BCUT2D eigenvalue weighted by molar-refractivity contribution is 6.59. The molecule has 0 aliphatic heterocycles. The van der Waals surface area contributed by atoms with Crippen LogP contribution in [-0.4, -0.2) is 27.1 Å². The van der Waals surface area contributed by atoms with Gasteiger partial charge in [-0.15, -0.1) is 0 Å². The maximum absolute atomic E-state index is 8.91. The molecule has 4 nitrogen and oxygen atoms in total. The predicted molar refractivity (Wildman–Crippen MR) is 46.3 cm³/mol. The molecule has 0 radical (unpaired) electrons. The molecule has 0 aromatic carbocycles. The number of nitrogens with zero attached hydrogens (tertiary/aromatic N) is 2. The maximum atomic E-state index is 8.91. The first-order valence-electron chi connectivity index (χ1n) is 3.39. The molecule has 1 heterocycles. The van der Waals surface area contributed by atoms with Gasteiger partial charge in [0.05, 0.1) is 0 Å². The molecule has 64 valence electrons. The van der Waals surface area contributed by atoms with Crippen molar-refractivity contribution in [3.05, 3.63) is 16.7 Å². The summed E-state index contributed by atoms with van der Waals surface area (Å²) in [4.78, 5) is 7.58. The lowest BCUT2D eigenvalue weighted by atomic mass is 9.78. The molecule has 0 unspecified atom stereocenters. The number of halogens is 1. The molecule has 0 bridgehead atoms. The number of aromatic nitrogens is 2. The fraction of sp³-hybridized carbons (Fsp3) is 0.333. The summed E-state index contributed by atoms with van der Waals surface area (Å²) >= 11 is 5.54. The van der Waals surface area contributed by atoms with E-state index in [1.54, 1.807) is 13.8 Å². The van der Waals surface area contributed by atoms with Gasteiger partial charge in [0.2, 0.25) is 5.28 Å². The second-order valence-electron chi connectivity index (χ2n) is 2.45. The lowest BCUT2D eigenvalue weighted by molar-refractivity contribution is 0.425. The van der Waals surface area contributed by atoms with Crippen molar-refractivity contribution in [2.45, 2.75) is 13.8 Å². The van der Waals surface area contributed by atoms with Gasteiger partial charge in [-0.3, -0.25) is 0 Å². The van der Waals surface area contributed by atoms with Crippen LogP contribution in [0.2, 0.25) is 5.28 Å². The van der Waals surface area contributed by atoms with Crippen LogP contribution in [0.15, 0.2) is 0 Å². The van der Waals surface area contributed by atoms with E-state index in [1.807, 2.05) is 0 Å². The summed E-state index contributed by atoms with van der Waals surface area (Å²) in [6.45, 7) is 3.30. The number of aryl methyl sites for hydroxylation is 2. The van der Waals surface area contributed by atoms with Gasteiger partial charge in [0.25, 0.3) is 0 Å². The second-order valence-corrected chi connectivity index (χ2v) is 2.79. The van der Waals surface area contributed by atoms with Gasteiger partial charge < -0.3 is 10.0 Å². The van der Waals surface area contributed by atoms with Gasteiger partial charge in [-0.2, -0.15) is 0 Å². The minimum absolute atomic E-state index is 0.120. The zero-order chi connectivity index (χ0) is 9.30. The van der Waals surface area contributed by atoms with E-state index in [1.165, 1.54) is 0 Å². The Kier molecular flexibility index (Phi) is 2.67. The van der Waals surface area contributed by atoms with Crippen molar-refractivity contribution < 1.29 is 10.0 Å². The standard InChI is InChI=1S/C6H8BClN2O2/c1-3-5(7(11)12)4(2)10-6(8)9-3/h11-12H,1-2H3. The van der Waals surface area contributed by atoms with Crippen molar-refractivity contribution in [3.8, 4) is 0 Å². The van der Waals surface area contributed by atoms with Crippen LogP contribution in [-0.2, 0) is 0 Å². The lowest BCUT2D eigenvalue weighted by Crippen LogP contribution is -2.36. The Hall–Kier alpha value is -0.645. The van der Waals surface area contributed by atoms with Crippen molar-refractivity contribution in [2.75, 3.05) is 0 Å². The van der Waals surface area contributed by atoms with Crippen LogP contribution >= 0.6 is 11.6 Å². The smallest absolute Gasteiger partial charge is 0.423 e. The van der Waals surface area contributed by atoms with Crippen LogP contribution in [0.4, 0.5) is 0 Å². The molecular formula is C6H8BClN2O2. The fourth-order valence-electron chi connectivity index (χ4n) is 1.06. The van der Waals surface area contributed by atoms with Crippen molar-refractivity contribution >= 4 is 24.2 Å². The molecule has 0 aliphatic carbocycles. The van der Waals surface area contributed by atoms with Crippen LogP contribution < -0.4 is 5.46 Å². The number of hydrogen-bond donors (Lipinski definition) is 2. The van der Waals surface area contributed by atoms with E-state index in [-0.39, 0.29) is 5.28 Å². The zero-order valence-electron chi connectivity index (χ0n) is 6.74. The molecule has 0 saturated carbocycles. The van der Waals surface area contributed by atoms with Gasteiger partial charge in [-0.05, 0) is 25.4 Å². The highest BCUT2D eigenvalue weighted by atomic mass is 35.5. The summed E-state index contributed by atoms with van der Waals surface area (Å²) in [7, 11) is -1.54. The van der Waals surface area contributed by atoms with E-state index < -0.39 is 7.12 Å². The van der Waals surface area contributed by atoms with Gasteiger partial charge in [-0.1, -0.05) is 0 Å². The summed E-state index contributed by atoms with van der Waals surface area (Å²) in [5.41, 5.74) is 1.30. The number of hydrogen-bond acceptors (Lipinski definition) is 4. The maximum Gasteiger partial charge on any atom is 0.492 e. The van der Waals surface area contributed by atoms with Crippen LogP contribution in [0.5, 0.6) is 0 Å². The van der Waals surface area contributed by atoms with E-state index in [4.69, 9.17) is 21.6 Å². The third kappa shape index (κ3) is 1.74. The Morgan fingerprint density at radius 2 is 1.58 bits per heavy atom. The average molecular weight is 186 g/mol. The molecule has 12 heavy (non-hydrogen) atoms. The topological polar surface area (TPSA) is 66.2 Å². The molecule has 0 aliphatic rings. The van der Waals surface area contributed by atoms with Gasteiger partial charge in [0, 0.05) is 16.9 Å². The minimum Gasteiger partial charge on any atom is -0.423 e. The first-order valence-corrected chi connectivity index (χ1v) is 3.77. The van der Waals surface area contributed by atoms with Crippen molar-refractivity contribution in [1.82, 2.24) is 9.97 Å². The zero-order valence-corrected chi connectivity index (χ0v) is 7.50. The third-order valence-electron chi connectivity index (χ3n) is 1.56. The second kappa shape index (κ2) is 3.39. The minimum atomic E-state index is -1.54. The molecule has 6 heteroatoms. The fourth-order valence-corrected chi connectivity index (χ4v) is 1.31. The highest BCUT2D eigenvalue weighted by Gasteiger charge is 2.19. The number of rotatable bonds is 1. The van der Waals surface area contributed by atoms with Gasteiger partial charge in [0.15, 0.2) is 0 Å². The predicted octanol–water partition coefficient (Wildman–Crippen LogP) is -0.573. The van der Waals surface area contributed by atoms with Gasteiger partial charge in [0.1, 0.15) is 0 Å². The van der Waals surface area contributed by atoms with E-state index in [2.05, 4.69) is 9.97 Å². The monoisotopic (exact) mass is 186 g/mol. The van der Waals surface area contributed by atoms with Gasteiger partial charge >= 0.3 is 7.12 Å². The Morgan fingerprint density at radius 3 is 1.92 bits per heavy atom. The molecule has 0 spiro atoms. The molecule has 1 aromatic heterocycles. The van der Waals surface area contributed by atoms with Crippen LogP contribution in [0.25, 0.3) is 0 Å². The van der Waals surface area contributed by atoms with Gasteiger partial charge in [-0.25, -0.2) is 9.97 Å². The van der Waals surface area contributed by atoms with Crippen LogP contribution in [0.3, 0.4) is 0 Å². The van der Waals surface area contributed by atoms with Crippen molar-refractivity contribution in [3.63, 3.8) is 0 Å². The van der Waals surface area contributed by atoms with E-state index in [0.29, 0.717) is 16.9 Å². The normalized spacial score (nSPS) is 10.1.